The molecule has 0 saturated carbocycles. The topological polar surface area (TPSA) is 72.7 Å². The van der Waals surface area contributed by atoms with Crippen LogP contribution in [-0.4, -0.2) is 43.6 Å². The first kappa shape index (κ1) is 23.5. The van der Waals surface area contributed by atoms with Crippen LogP contribution in [0.2, 0.25) is 0 Å². The number of piperidine rings is 1. The fourth-order valence-corrected chi connectivity index (χ4v) is 3.74. The van der Waals surface area contributed by atoms with E-state index in [9.17, 15) is 8.78 Å². The molecule has 0 spiro atoms. The molecule has 0 atom stereocenters. The zero-order valence-electron chi connectivity index (χ0n) is 18.5. The fourth-order valence-electron chi connectivity index (χ4n) is 3.74. The average molecular weight is 442 g/mol. The third-order valence-electron chi connectivity index (χ3n) is 5.48. The highest BCUT2D eigenvalue weighted by molar-refractivity contribution is 5.80. The van der Waals surface area contributed by atoms with Gasteiger partial charge in [-0.25, -0.2) is 13.8 Å². The number of likely N-dealkylation sites (tertiary alicyclic amines) is 1. The third kappa shape index (κ3) is 6.41. The minimum Gasteiger partial charge on any atom is -0.494 e. The van der Waals surface area contributed by atoms with E-state index in [1.165, 1.54) is 31.4 Å². The lowest BCUT2D eigenvalue weighted by molar-refractivity contribution is 0.198. The van der Waals surface area contributed by atoms with Crippen molar-refractivity contribution in [2.24, 2.45) is 4.99 Å². The van der Waals surface area contributed by atoms with E-state index in [4.69, 9.17) is 10.00 Å². The van der Waals surface area contributed by atoms with E-state index in [2.05, 4.69) is 20.5 Å². The number of nitriles is 1. The summed E-state index contributed by atoms with van der Waals surface area (Å²) in [7, 11) is 1.46. The van der Waals surface area contributed by atoms with E-state index < -0.39 is 0 Å². The van der Waals surface area contributed by atoms with Crippen molar-refractivity contribution in [3.05, 3.63) is 64.7 Å². The van der Waals surface area contributed by atoms with Crippen LogP contribution in [0.1, 0.15) is 36.5 Å². The predicted molar refractivity (Wildman–Crippen MR) is 120 cm³/mol. The van der Waals surface area contributed by atoms with Crippen molar-refractivity contribution < 1.29 is 13.5 Å². The lowest BCUT2D eigenvalue weighted by Crippen LogP contribution is -2.48. The number of hydrogen-bond acceptors (Lipinski definition) is 4. The van der Waals surface area contributed by atoms with Gasteiger partial charge in [-0.3, -0.25) is 4.90 Å². The standard InChI is InChI=1S/C24H29F2N5O/c1-3-28-24(29-15-19-12-17(14-27)4-6-21(19)25)30-20-8-10-31(11-9-20)16-18-5-7-23(32-2)22(26)13-18/h4-7,12-13,20H,3,8-11,15-16H2,1-2H3,(H2,28,29,30). The van der Waals surface area contributed by atoms with Crippen LogP contribution in [-0.2, 0) is 13.1 Å². The van der Waals surface area contributed by atoms with E-state index in [0.29, 0.717) is 30.2 Å². The first-order valence-electron chi connectivity index (χ1n) is 10.8. The molecule has 1 fully saturated rings. The van der Waals surface area contributed by atoms with Gasteiger partial charge >= 0.3 is 0 Å². The van der Waals surface area contributed by atoms with Gasteiger partial charge in [-0.15, -0.1) is 0 Å². The van der Waals surface area contributed by atoms with Gasteiger partial charge in [0.2, 0.25) is 0 Å². The molecule has 3 rings (SSSR count). The molecule has 8 heteroatoms. The average Bonchev–Trinajstić information content (AvgIpc) is 2.80. The third-order valence-corrected chi connectivity index (χ3v) is 5.48. The number of rotatable bonds is 7. The summed E-state index contributed by atoms with van der Waals surface area (Å²) >= 11 is 0. The zero-order valence-corrected chi connectivity index (χ0v) is 18.5. The maximum atomic E-state index is 14.0. The SMILES string of the molecule is CCNC(=NCc1cc(C#N)ccc1F)NC1CCN(Cc2ccc(OC)c(F)c2)CC1. The Morgan fingerprint density at radius 3 is 2.62 bits per heavy atom. The summed E-state index contributed by atoms with van der Waals surface area (Å²) in [6.07, 6.45) is 1.84. The van der Waals surface area contributed by atoms with Gasteiger partial charge in [-0.05, 0) is 55.7 Å². The van der Waals surface area contributed by atoms with Crippen LogP contribution >= 0.6 is 0 Å². The minimum atomic E-state index is -0.369. The first-order chi connectivity index (χ1) is 15.5. The van der Waals surface area contributed by atoms with Crippen molar-refractivity contribution >= 4 is 5.96 Å². The quantitative estimate of drug-likeness (QED) is 0.508. The van der Waals surface area contributed by atoms with Crippen LogP contribution in [0, 0.1) is 23.0 Å². The van der Waals surface area contributed by atoms with Crippen molar-refractivity contribution in [2.45, 2.75) is 38.9 Å². The van der Waals surface area contributed by atoms with Crippen LogP contribution < -0.4 is 15.4 Å². The molecule has 0 aromatic heterocycles. The Balaban J connectivity index is 1.54. The van der Waals surface area contributed by atoms with Gasteiger partial charge in [0.05, 0.1) is 25.3 Å². The maximum absolute atomic E-state index is 14.0. The number of aliphatic imine (C=N–C) groups is 1. The van der Waals surface area contributed by atoms with Crippen molar-refractivity contribution in [1.82, 2.24) is 15.5 Å². The highest BCUT2D eigenvalue weighted by Gasteiger charge is 2.20. The van der Waals surface area contributed by atoms with E-state index in [0.717, 1.165) is 31.5 Å². The molecular weight excluding hydrogens is 412 g/mol. The van der Waals surface area contributed by atoms with Gasteiger partial charge in [0.25, 0.3) is 0 Å². The number of guanidine groups is 1. The Hall–Kier alpha value is -3.18. The summed E-state index contributed by atoms with van der Waals surface area (Å²) in [4.78, 5) is 6.80. The minimum absolute atomic E-state index is 0.151. The molecule has 0 aliphatic carbocycles. The first-order valence-corrected chi connectivity index (χ1v) is 10.8. The molecule has 0 unspecified atom stereocenters. The fraction of sp³-hybridized carbons (Fsp3) is 0.417. The van der Waals surface area contributed by atoms with Crippen LogP contribution in [0.4, 0.5) is 8.78 Å². The lowest BCUT2D eigenvalue weighted by Gasteiger charge is -2.33. The summed E-state index contributed by atoms with van der Waals surface area (Å²) in [6.45, 7) is 5.26. The number of benzene rings is 2. The Kier molecular flexibility index (Phi) is 8.40. The number of hydrogen-bond donors (Lipinski definition) is 2. The number of halogens is 2. The molecule has 32 heavy (non-hydrogen) atoms. The van der Waals surface area contributed by atoms with Crippen molar-refractivity contribution in [2.75, 3.05) is 26.7 Å². The second kappa shape index (κ2) is 11.4. The second-order valence-electron chi connectivity index (χ2n) is 7.78. The van der Waals surface area contributed by atoms with Crippen LogP contribution in [0.15, 0.2) is 41.4 Å². The van der Waals surface area contributed by atoms with E-state index in [-0.39, 0.29) is 30.0 Å². The Morgan fingerprint density at radius 1 is 1.19 bits per heavy atom. The maximum Gasteiger partial charge on any atom is 0.191 e. The van der Waals surface area contributed by atoms with Gasteiger partial charge in [0.1, 0.15) is 5.82 Å². The summed E-state index contributed by atoms with van der Waals surface area (Å²) < 4.78 is 32.9. The van der Waals surface area contributed by atoms with Gasteiger partial charge in [-0.2, -0.15) is 5.26 Å². The van der Waals surface area contributed by atoms with Gasteiger partial charge < -0.3 is 15.4 Å². The predicted octanol–water partition coefficient (Wildman–Crippen LogP) is 3.56. The number of methoxy groups -OCH3 is 1. The molecular formula is C24H29F2N5O. The highest BCUT2D eigenvalue weighted by Crippen LogP contribution is 2.20. The molecule has 1 heterocycles. The molecule has 2 aromatic carbocycles. The molecule has 1 aliphatic rings. The van der Waals surface area contributed by atoms with Gasteiger partial charge in [0.15, 0.2) is 17.5 Å². The smallest absolute Gasteiger partial charge is 0.191 e. The monoisotopic (exact) mass is 441 g/mol. The van der Waals surface area contributed by atoms with Crippen molar-refractivity contribution in [3.8, 4) is 11.8 Å². The Labute approximate surface area is 187 Å². The van der Waals surface area contributed by atoms with Crippen molar-refractivity contribution in [3.63, 3.8) is 0 Å². The van der Waals surface area contributed by atoms with Crippen LogP contribution in [0.25, 0.3) is 0 Å². The van der Waals surface area contributed by atoms with E-state index in [1.807, 2.05) is 19.1 Å². The summed E-state index contributed by atoms with van der Waals surface area (Å²) in [6, 6.07) is 11.6. The number of nitrogens with one attached hydrogen (secondary N) is 2. The molecule has 0 radical (unpaired) electrons. The van der Waals surface area contributed by atoms with Gasteiger partial charge in [-0.1, -0.05) is 6.07 Å². The molecule has 1 saturated heterocycles. The highest BCUT2D eigenvalue weighted by atomic mass is 19.1. The van der Waals surface area contributed by atoms with Crippen molar-refractivity contribution in [1.29, 1.82) is 5.26 Å². The second-order valence-corrected chi connectivity index (χ2v) is 7.78. The largest absolute Gasteiger partial charge is 0.494 e. The summed E-state index contributed by atoms with van der Waals surface area (Å²) in [5.74, 6) is 0.174. The molecule has 170 valence electrons. The van der Waals surface area contributed by atoms with Gasteiger partial charge in [0, 0.05) is 37.8 Å². The normalized spacial score (nSPS) is 15.3. The molecule has 1 aliphatic heterocycles. The number of ether oxygens (including phenoxy) is 1. The van der Waals surface area contributed by atoms with Crippen LogP contribution in [0.3, 0.4) is 0 Å². The Morgan fingerprint density at radius 2 is 1.97 bits per heavy atom. The summed E-state index contributed by atoms with van der Waals surface area (Å²) in [5, 5.41) is 15.7. The number of nitrogens with zero attached hydrogens (tertiary/aromatic N) is 3. The molecule has 0 amide bonds. The van der Waals surface area contributed by atoms with E-state index >= 15 is 0 Å². The zero-order chi connectivity index (χ0) is 22.9. The van der Waals surface area contributed by atoms with E-state index in [1.54, 1.807) is 6.07 Å². The molecule has 6 nitrogen and oxygen atoms in total. The lowest BCUT2D eigenvalue weighted by atomic mass is 10.0. The van der Waals surface area contributed by atoms with Crippen LogP contribution in [0.5, 0.6) is 5.75 Å². The molecule has 2 N–H and O–H groups in total. The molecule has 2 aromatic rings. The summed E-state index contributed by atoms with van der Waals surface area (Å²) in [5.41, 5.74) is 1.73. The Bertz CT molecular complexity index is 981. The molecule has 0 bridgehead atoms.